The summed E-state index contributed by atoms with van der Waals surface area (Å²) in [6.45, 7) is 0. The summed E-state index contributed by atoms with van der Waals surface area (Å²) in [6.07, 6.45) is -1.79. The number of rotatable bonds is 3. The van der Waals surface area contributed by atoms with Crippen LogP contribution in [0.25, 0.3) is 0 Å². The number of fused-ring (bicyclic) bond motifs is 3. The van der Waals surface area contributed by atoms with Gasteiger partial charge in [-0.2, -0.15) is 18.2 Å². The number of aromatic hydroxyl groups is 1. The predicted molar refractivity (Wildman–Crippen MR) is 152 cm³/mol. The summed E-state index contributed by atoms with van der Waals surface area (Å²) in [5, 5.41) is 11.5. The fourth-order valence-electron chi connectivity index (χ4n) is 6.50. The van der Waals surface area contributed by atoms with Crippen LogP contribution in [0.2, 0.25) is 10.0 Å². The standard InChI is InChI=1S/C29H19BrCl2F3N3O5/c1-37(26-18(31)6-7-21(36-26)29(33,34)35)38-27(42)14-5-4-12-15(23(14)28(38)43)9-16-24(20(40)10-17(30)25(16)41)22(12)13-3-2-11(39)8-19(13)32/h2-4,6-8,10,14-15,22-23,39H,5,9H2,1H3. The van der Waals surface area contributed by atoms with Gasteiger partial charge in [-0.05, 0) is 64.5 Å². The summed E-state index contributed by atoms with van der Waals surface area (Å²) in [4.78, 5) is 57.9. The zero-order chi connectivity index (χ0) is 31.1. The predicted octanol–water partition coefficient (Wildman–Crippen LogP) is 5.93. The lowest BCUT2D eigenvalue weighted by Crippen LogP contribution is -2.46. The van der Waals surface area contributed by atoms with Crippen LogP contribution < -0.4 is 5.01 Å². The Morgan fingerprint density at radius 3 is 2.44 bits per heavy atom. The van der Waals surface area contributed by atoms with E-state index in [1.54, 1.807) is 6.08 Å². The normalized spacial score (nSPS) is 25.3. The number of carbonyl (C=O) groups excluding carboxylic acids is 4. The number of aromatic nitrogens is 1. The molecule has 4 unspecified atom stereocenters. The van der Waals surface area contributed by atoms with Crippen LogP contribution in [0.1, 0.15) is 30.0 Å². The minimum atomic E-state index is -4.79. The molecule has 1 aromatic carbocycles. The van der Waals surface area contributed by atoms with Gasteiger partial charge in [-0.3, -0.25) is 24.2 Å². The number of nitrogens with zero attached hydrogens (tertiary/aromatic N) is 3. The first-order valence-corrected chi connectivity index (χ1v) is 14.5. The van der Waals surface area contributed by atoms with E-state index in [-0.39, 0.29) is 44.3 Å². The van der Waals surface area contributed by atoms with E-state index in [1.165, 1.54) is 31.3 Å². The number of hydrogen-bond donors (Lipinski definition) is 1. The molecular formula is C29H19BrCl2F3N3O5. The lowest BCUT2D eigenvalue weighted by molar-refractivity contribution is -0.141. The number of hydrogen-bond acceptors (Lipinski definition) is 7. The maximum absolute atomic E-state index is 14.0. The first kappa shape index (κ1) is 29.6. The van der Waals surface area contributed by atoms with Crippen LogP contribution in [0.4, 0.5) is 19.0 Å². The van der Waals surface area contributed by atoms with Crippen molar-refractivity contribution in [2.45, 2.75) is 24.9 Å². The molecule has 8 nitrogen and oxygen atoms in total. The number of benzene rings is 1. The number of phenolic OH excluding ortho intramolecular Hbond substituents is 1. The molecule has 0 saturated carbocycles. The zero-order valence-electron chi connectivity index (χ0n) is 22.0. The van der Waals surface area contributed by atoms with Gasteiger partial charge >= 0.3 is 6.18 Å². The van der Waals surface area contributed by atoms with Gasteiger partial charge in [0.05, 0.1) is 21.3 Å². The smallest absolute Gasteiger partial charge is 0.433 e. The molecule has 4 atom stereocenters. The van der Waals surface area contributed by atoms with Crippen molar-refractivity contribution in [1.82, 2.24) is 9.99 Å². The lowest BCUT2D eigenvalue weighted by Gasteiger charge is -2.42. The van der Waals surface area contributed by atoms with Crippen molar-refractivity contribution in [3.8, 4) is 5.75 Å². The van der Waals surface area contributed by atoms with Gasteiger partial charge in [0.25, 0.3) is 11.8 Å². The second-order valence-corrected chi connectivity index (χ2v) is 12.3. The highest BCUT2D eigenvalue weighted by atomic mass is 79.9. The van der Waals surface area contributed by atoms with Crippen LogP contribution in [-0.4, -0.2) is 45.5 Å². The molecule has 1 aromatic heterocycles. The number of halogens is 6. The summed E-state index contributed by atoms with van der Waals surface area (Å²) in [5.41, 5.74) is 0.165. The molecule has 222 valence electrons. The van der Waals surface area contributed by atoms with E-state index in [2.05, 4.69) is 20.9 Å². The SMILES string of the molecule is CN(c1nc(C(F)(F)F)ccc1Cl)N1C(=O)C2CC=C3C(c4ccc(O)cc4Cl)C4=C(CC3C2C1=O)C(=O)C(Br)=CC4=O. The van der Waals surface area contributed by atoms with E-state index in [0.717, 1.165) is 16.1 Å². The molecule has 2 aromatic rings. The quantitative estimate of drug-likeness (QED) is 0.241. The van der Waals surface area contributed by atoms with Crippen LogP contribution in [0.15, 0.2) is 63.7 Å². The van der Waals surface area contributed by atoms with Gasteiger partial charge in [-0.25, -0.2) is 4.98 Å². The number of imide groups is 1. The molecule has 14 heteroatoms. The number of anilines is 1. The molecule has 1 N–H and O–H groups in total. The van der Waals surface area contributed by atoms with Gasteiger partial charge < -0.3 is 5.11 Å². The van der Waals surface area contributed by atoms with Crippen molar-refractivity contribution < 1.29 is 37.5 Å². The Morgan fingerprint density at radius 1 is 1.05 bits per heavy atom. The van der Waals surface area contributed by atoms with Gasteiger partial charge in [-0.15, -0.1) is 0 Å². The Bertz CT molecular complexity index is 1750. The third kappa shape index (κ3) is 4.61. The molecule has 1 aliphatic heterocycles. The monoisotopic (exact) mass is 695 g/mol. The van der Waals surface area contributed by atoms with E-state index in [0.29, 0.717) is 17.2 Å². The second-order valence-electron chi connectivity index (χ2n) is 10.6. The number of allylic oxidation sites excluding steroid dienone is 6. The molecule has 4 aliphatic rings. The highest BCUT2D eigenvalue weighted by Crippen LogP contribution is 2.56. The number of Topliss-reactive ketones (excluding diaryl/α,β-unsaturated/α-hetero) is 1. The van der Waals surface area contributed by atoms with Crippen LogP contribution in [0.3, 0.4) is 0 Å². The number of phenols is 1. The molecule has 1 fully saturated rings. The Kier molecular flexibility index (Phi) is 7.09. The van der Waals surface area contributed by atoms with Gasteiger partial charge in [0.1, 0.15) is 11.4 Å². The molecule has 0 bridgehead atoms. The van der Waals surface area contributed by atoms with E-state index in [1.807, 2.05) is 0 Å². The van der Waals surface area contributed by atoms with Crippen LogP contribution in [0.5, 0.6) is 5.75 Å². The molecule has 2 amide bonds. The maximum Gasteiger partial charge on any atom is 0.433 e. The first-order valence-electron chi connectivity index (χ1n) is 12.9. The summed E-state index contributed by atoms with van der Waals surface area (Å²) in [7, 11) is 1.22. The van der Waals surface area contributed by atoms with Crippen molar-refractivity contribution in [2.24, 2.45) is 17.8 Å². The Morgan fingerprint density at radius 2 is 1.77 bits per heavy atom. The molecule has 2 heterocycles. The first-order chi connectivity index (χ1) is 20.2. The number of hydrazine groups is 1. The van der Waals surface area contributed by atoms with Gasteiger partial charge in [0.2, 0.25) is 0 Å². The number of alkyl halides is 3. The molecule has 0 spiro atoms. The van der Waals surface area contributed by atoms with Crippen molar-refractivity contribution in [1.29, 1.82) is 0 Å². The van der Waals surface area contributed by atoms with Crippen molar-refractivity contribution in [3.63, 3.8) is 0 Å². The average Bonchev–Trinajstić information content (AvgIpc) is 3.19. The molecule has 0 radical (unpaired) electrons. The van der Waals surface area contributed by atoms with Gasteiger partial charge in [0, 0.05) is 35.2 Å². The molecular weight excluding hydrogens is 678 g/mol. The Balaban J connectivity index is 1.44. The summed E-state index contributed by atoms with van der Waals surface area (Å²) < 4.78 is 40.3. The second kappa shape index (κ2) is 10.3. The van der Waals surface area contributed by atoms with Crippen molar-refractivity contribution in [2.75, 3.05) is 12.1 Å². The maximum atomic E-state index is 14.0. The highest BCUT2D eigenvalue weighted by Gasteiger charge is 2.58. The van der Waals surface area contributed by atoms with Crippen molar-refractivity contribution >= 4 is 68.3 Å². The fourth-order valence-corrected chi connectivity index (χ4v) is 7.46. The Hall–Kier alpha value is -3.48. The number of carbonyl (C=O) groups is 4. The molecule has 1 saturated heterocycles. The van der Waals surface area contributed by atoms with Crippen molar-refractivity contribution in [3.05, 3.63) is 85.0 Å². The van der Waals surface area contributed by atoms with E-state index in [4.69, 9.17) is 23.2 Å². The van der Waals surface area contributed by atoms with Crippen LogP contribution in [0, 0.1) is 17.8 Å². The molecule has 43 heavy (non-hydrogen) atoms. The minimum absolute atomic E-state index is 0.0266. The third-order valence-corrected chi connectivity index (χ3v) is 9.54. The van der Waals surface area contributed by atoms with Gasteiger partial charge in [0.15, 0.2) is 17.4 Å². The minimum Gasteiger partial charge on any atom is -0.508 e. The molecule has 3 aliphatic carbocycles. The number of pyridine rings is 1. The lowest BCUT2D eigenvalue weighted by atomic mass is 9.59. The van der Waals surface area contributed by atoms with E-state index >= 15 is 0 Å². The highest BCUT2D eigenvalue weighted by molar-refractivity contribution is 9.12. The zero-order valence-corrected chi connectivity index (χ0v) is 25.1. The van der Waals surface area contributed by atoms with Crippen LogP contribution >= 0.6 is 39.1 Å². The van der Waals surface area contributed by atoms with Gasteiger partial charge in [-0.1, -0.05) is 40.9 Å². The van der Waals surface area contributed by atoms with E-state index < -0.39 is 64.7 Å². The van der Waals surface area contributed by atoms with E-state index in [9.17, 15) is 37.5 Å². The number of ketones is 2. The average molecular weight is 697 g/mol. The fraction of sp³-hybridized carbons (Fsp3) is 0.276. The topological polar surface area (TPSA) is 108 Å². The number of amides is 2. The van der Waals surface area contributed by atoms with Crippen LogP contribution in [-0.2, 0) is 25.4 Å². The summed E-state index contributed by atoms with van der Waals surface area (Å²) >= 11 is 15.8. The third-order valence-electron chi connectivity index (χ3n) is 8.33. The largest absolute Gasteiger partial charge is 0.508 e. The summed E-state index contributed by atoms with van der Waals surface area (Å²) in [5.74, 6) is -6.22. The molecule has 6 rings (SSSR count). The Labute approximate surface area is 260 Å². The summed E-state index contributed by atoms with van der Waals surface area (Å²) in [6, 6.07) is 5.92.